The molecule has 0 spiro atoms. The minimum atomic E-state index is 0.0714. The van der Waals surface area contributed by atoms with Gasteiger partial charge in [-0.2, -0.15) is 5.10 Å². The zero-order chi connectivity index (χ0) is 9.26. The lowest BCUT2D eigenvalue weighted by Gasteiger charge is -1.98. The minimum absolute atomic E-state index is 0.0714. The van der Waals surface area contributed by atoms with Crippen LogP contribution in [0.15, 0.2) is 24.3 Å². The van der Waals surface area contributed by atoms with Crippen molar-refractivity contribution in [3.05, 3.63) is 29.4 Å². The molecule has 0 aliphatic heterocycles. The topological polar surface area (TPSA) is 38.0 Å². The second kappa shape index (κ2) is 3.36. The first kappa shape index (κ1) is 8.53. The highest BCUT2D eigenvalue weighted by molar-refractivity contribution is 6.34. The summed E-state index contributed by atoms with van der Waals surface area (Å²) < 4.78 is 1.71. The van der Waals surface area contributed by atoms with Gasteiger partial charge in [-0.25, -0.2) is 0 Å². The molecule has 68 valence electrons. The van der Waals surface area contributed by atoms with Crippen molar-refractivity contribution in [3.8, 4) is 0 Å². The zero-order valence-electron chi connectivity index (χ0n) is 6.94. The molecule has 0 unspecified atom stereocenters. The van der Waals surface area contributed by atoms with Gasteiger partial charge in [0.15, 0.2) is 5.15 Å². The Hall–Kier alpha value is -1.06. The lowest BCUT2D eigenvalue weighted by Crippen LogP contribution is -2.03. The van der Waals surface area contributed by atoms with Crippen LogP contribution in [0, 0.1) is 0 Å². The van der Waals surface area contributed by atoms with Crippen molar-refractivity contribution in [3.63, 3.8) is 0 Å². The van der Waals surface area contributed by atoms with Crippen molar-refractivity contribution < 1.29 is 5.11 Å². The van der Waals surface area contributed by atoms with Crippen molar-refractivity contribution in [2.24, 2.45) is 0 Å². The van der Waals surface area contributed by atoms with Crippen LogP contribution in [0.3, 0.4) is 0 Å². The number of benzene rings is 1. The second-order valence-electron chi connectivity index (χ2n) is 2.75. The van der Waals surface area contributed by atoms with E-state index in [9.17, 15) is 0 Å². The molecular formula is C9H9ClN2O. The molecule has 0 bridgehead atoms. The van der Waals surface area contributed by atoms with Gasteiger partial charge < -0.3 is 5.11 Å². The van der Waals surface area contributed by atoms with Gasteiger partial charge in [0.1, 0.15) is 0 Å². The third-order valence-corrected chi connectivity index (χ3v) is 2.20. The predicted octanol–water partition coefficient (Wildman–Crippen LogP) is 1.68. The highest BCUT2D eigenvalue weighted by Crippen LogP contribution is 2.21. The van der Waals surface area contributed by atoms with Crippen LogP contribution in [0.2, 0.25) is 5.15 Å². The highest BCUT2D eigenvalue weighted by atomic mass is 35.5. The fourth-order valence-corrected chi connectivity index (χ4v) is 1.60. The zero-order valence-corrected chi connectivity index (χ0v) is 7.70. The van der Waals surface area contributed by atoms with Crippen LogP contribution < -0.4 is 0 Å². The van der Waals surface area contributed by atoms with Crippen molar-refractivity contribution in [1.29, 1.82) is 0 Å². The first-order chi connectivity index (χ1) is 6.33. The van der Waals surface area contributed by atoms with Crippen LogP contribution in [0.5, 0.6) is 0 Å². The van der Waals surface area contributed by atoms with Crippen LogP contribution in [-0.4, -0.2) is 21.5 Å². The molecule has 13 heavy (non-hydrogen) atoms. The molecule has 2 rings (SSSR count). The Labute approximate surface area is 80.5 Å². The number of rotatable bonds is 2. The molecule has 4 heteroatoms. The number of para-hydroxylation sites is 1. The summed E-state index contributed by atoms with van der Waals surface area (Å²) in [5.74, 6) is 0. The monoisotopic (exact) mass is 196 g/mol. The first-order valence-corrected chi connectivity index (χ1v) is 4.42. The van der Waals surface area contributed by atoms with E-state index >= 15 is 0 Å². The number of aliphatic hydroxyl groups excluding tert-OH is 1. The molecule has 0 saturated carbocycles. The minimum Gasteiger partial charge on any atom is -0.394 e. The van der Waals surface area contributed by atoms with Crippen LogP contribution in [0.25, 0.3) is 10.9 Å². The van der Waals surface area contributed by atoms with Gasteiger partial charge in [0.2, 0.25) is 0 Å². The van der Waals surface area contributed by atoms with E-state index in [-0.39, 0.29) is 6.61 Å². The Morgan fingerprint density at radius 3 is 2.92 bits per heavy atom. The number of hydrogen-bond acceptors (Lipinski definition) is 2. The Morgan fingerprint density at radius 2 is 2.15 bits per heavy atom. The van der Waals surface area contributed by atoms with Gasteiger partial charge in [-0.15, -0.1) is 0 Å². The molecule has 0 atom stereocenters. The Kier molecular flexibility index (Phi) is 2.20. The molecule has 3 nitrogen and oxygen atoms in total. The molecule has 0 aliphatic rings. The third kappa shape index (κ3) is 1.41. The molecule has 0 saturated heterocycles. The number of aliphatic hydroxyl groups is 1. The summed E-state index contributed by atoms with van der Waals surface area (Å²) in [6.07, 6.45) is 0. The average Bonchev–Trinajstić information content (AvgIpc) is 2.46. The van der Waals surface area contributed by atoms with Gasteiger partial charge >= 0.3 is 0 Å². The molecule has 0 radical (unpaired) electrons. The van der Waals surface area contributed by atoms with E-state index in [1.165, 1.54) is 0 Å². The standard InChI is InChI=1S/C9H9ClN2O/c10-9-7-3-1-2-4-8(7)12(11-9)5-6-13/h1-4,13H,5-6H2. The highest BCUT2D eigenvalue weighted by Gasteiger charge is 2.06. The molecular weight excluding hydrogens is 188 g/mol. The SMILES string of the molecule is OCCn1nc(Cl)c2ccccc21. The summed E-state index contributed by atoms with van der Waals surface area (Å²) in [7, 11) is 0. The largest absolute Gasteiger partial charge is 0.394 e. The predicted molar refractivity (Wildman–Crippen MR) is 51.8 cm³/mol. The van der Waals surface area contributed by atoms with Crippen molar-refractivity contribution in [2.45, 2.75) is 6.54 Å². The van der Waals surface area contributed by atoms with E-state index in [0.29, 0.717) is 11.7 Å². The summed E-state index contributed by atoms with van der Waals surface area (Å²) in [6, 6.07) is 7.69. The third-order valence-electron chi connectivity index (χ3n) is 1.92. The first-order valence-electron chi connectivity index (χ1n) is 4.05. The summed E-state index contributed by atoms with van der Waals surface area (Å²) in [6.45, 7) is 0.551. The van der Waals surface area contributed by atoms with E-state index < -0.39 is 0 Å². The van der Waals surface area contributed by atoms with Crippen molar-refractivity contribution in [1.82, 2.24) is 9.78 Å². The van der Waals surface area contributed by atoms with Gasteiger partial charge in [-0.3, -0.25) is 4.68 Å². The Bertz CT molecular complexity index is 424. The second-order valence-corrected chi connectivity index (χ2v) is 3.11. The Morgan fingerprint density at radius 1 is 1.38 bits per heavy atom. The maximum Gasteiger partial charge on any atom is 0.158 e. The van der Waals surface area contributed by atoms with Crippen molar-refractivity contribution in [2.75, 3.05) is 6.61 Å². The smallest absolute Gasteiger partial charge is 0.158 e. The van der Waals surface area contributed by atoms with Gasteiger partial charge in [0.25, 0.3) is 0 Å². The van der Waals surface area contributed by atoms with Gasteiger partial charge in [0, 0.05) is 5.39 Å². The molecule has 1 aromatic heterocycles. The normalized spacial score (nSPS) is 10.9. The molecule has 1 heterocycles. The van der Waals surface area contributed by atoms with Crippen LogP contribution in [0.1, 0.15) is 0 Å². The van der Waals surface area contributed by atoms with E-state index in [2.05, 4.69) is 5.10 Å². The molecule has 0 amide bonds. The lowest BCUT2D eigenvalue weighted by atomic mass is 10.2. The number of aromatic nitrogens is 2. The summed E-state index contributed by atoms with van der Waals surface area (Å²) in [5.41, 5.74) is 0.960. The number of fused-ring (bicyclic) bond motifs is 1. The summed E-state index contributed by atoms with van der Waals surface area (Å²) in [4.78, 5) is 0. The number of halogens is 1. The lowest BCUT2D eigenvalue weighted by molar-refractivity contribution is 0.271. The summed E-state index contributed by atoms with van der Waals surface area (Å²) >= 11 is 5.90. The van der Waals surface area contributed by atoms with Gasteiger partial charge in [0.05, 0.1) is 18.7 Å². The maximum atomic E-state index is 8.78. The Balaban J connectivity index is 2.63. The van der Waals surface area contributed by atoms with Gasteiger partial charge in [-0.1, -0.05) is 23.7 Å². The van der Waals surface area contributed by atoms with Crippen LogP contribution in [0.4, 0.5) is 0 Å². The molecule has 1 aromatic carbocycles. The van der Waals surface area contributed by atoms with E-state index in [1.54, 1.807) is 4.68 Å². The molecule has 0 aliphatic carbocycles. The fourth-order valence-electron chi connectivity index (χ4n) is 1.35. The van der Waals surface area contributed by atoms with E-state index in [0.717, 1.165) is 10.9 Å². The summed E-state index contributed by atoms with van der Waals surface area (Å²) in [5, 5.41) is 14.3. The van der Waals surface area contributed by atoms with E-state index in [4.69, 9.17) is 16.7 Å². The molecule has 0 fully saturated rings. The van der Waals surface area contributed by atoms with E-state index in [1.807, 2.05) is 24.3 Å². The average molecular weight is 197 g/mol. The van der Waals surface area contributed by atoms with Crippen LogP contribution >= 0.6 is 11.6 Å². The molecule has 2 aromatic rings. The molecule has 1 N–H and O–H groups in total. The van der Waals surface area contributed by atoms with Gasteiger partial charge in [-0.05, 0) is 12.1 Å². The fraction of sp³-hybridized carbons (Fsp3) is 0.222. The quantitative estimate of drug-likeness (QED) is 0.794. The number of nitrogens with zero attached hydrogens (tertiary/aromatic N) is 2. The number of hydrogen-bond donors (Lipinski definition) is 1. The maximum absolute atomic E-state index is 8.78. The van der Waals surface area contributed by atoms with Crippen LogP contribution in [-0.2, 0) is 6.54 Å². The van der Waals surface area contributed by atoms with Crippen molar-refractivity contribution >= 4 is 22.5 Å².